The fourth-order valence-corrected chi connectivity index (χ4v) is 2.34. The summed E-state index contributed by atoms with van der Waals surface area (Å²) in [7, 11) is 1.61. The summed E-state index contributed by atoms with van der Waals surface area (Å²) in [5.41, 5.74) is 1.73. The van der Waals surface area contributed by atoms with Crippen LogP contribution >= 0.6 is 15.9 Å². The minimum atomic E-state index is 0.559. The second kappa shape index (κ2) is 5.46. The second-order valence-corrected chi connectivity index (χ2v) is 4.91. The molecule has 102 valence electrons. The Kier molecular flexibility index (Phi) is 3.51. The van der Waals surface area contributed by atoms with E-state index in [1.54, 1.807) is 19.5 Å². The number of fused-ring (bicyclic) bond motifs is 1. The Morgan fingerprint density at radius 1 is 1.35 bits per heavy atom. The maximum Gasteiger partial charge on any atom is 0.218 e. The van der Waals surface area contributed by atoms with Crippen LogP contribution in [0.25, 0.3) is 5.65 Å². The van der Waals surface area contributed by atoms with Crippen LogP contribution in [-0.2, 0) is 6.54 Å². The lowest BCUT2D eigenvalue weighted by atomic mass is 10.2. The van der Waals surface area contributed by atoms with Crippen molar-refractivity contribution in [2.75, 3.05) is 12.4 Å². The fraction of sp³-hybridized carbons (Fsp3) is 0.154. The van der Waals surface area contributed by atoms with E-state index in [1.165, 1.54) is 0 Å². The third-order valence-electron chi connectivity index (χ3n) is 2.83. The van der Waals surface area contributed by atoms with Crippen LogP contribution in [0.15, 0.2) is 41.5 Å². The van der Waals surface area contributed by atoms with Crippen molar-refractivity contribution >= 4 is 27.4 Å². The van der Waals surface area contributed by atoms with Crippen LogP contribution in [0.5, 0.6) is 5.88 Å². The molecule has 0 saturated heterocycles. The Hall–Kier alpha value is -2.15. The number of aromatic nitrogens is 4. The molecule has 0 fully saturated rings. The molecule has 0 unspecified atom stereocenters. The van der Waals surface area contributed by atoms with E-state index >= 15 is 0 Å². The number of ether oxygens (including phenoxy) is 1. The molecule has 0 amide bonds. The summed E-state index contributed by atoms with van der Waals surface area (Å²) in [6.45, 7) is 0.559. The first-order valence-corrected chi connectivity index (χ1v) is 6.78. The minimum Gasteiger partial charge on any atom is -0.481 e. The van der Waals surface area contributed by atoms with Crippen molar-refractivity contribution in [2.45, 2.75) is 6.54 Å². The fourth-order valence-electron chi connectivity index (χ4n) is 1.94. The van der Waals surface area contributed by atoms with Crippen LogP contribution in [0.1, 0.15) is 5.56 Å². The van der Waals surface area contributed by atoms with Gasteiger partial charge in [0.15, 0.2) is 11.5 Å². The van der Waals surface area contributed by atoms with Gasteiger partial charge in [0.1, 0.15) is 4.60 Å². The molecule has 3 rings (SSSR count). The van der Waals surface area contributed by atoms with Crippen LogP contribution in [0.3, 0.4) is 0 Å². The van der Waals surface area contributed by atoms with Crippen molar-refractivity contribution < 1.29 is 4.74 Å². The van der Waals surface area contributed by atoms with Crippen molar-refractivity contribution in [3.8, 4) is 5.88 Å². The lowest BCUT2D eigenvalue weighted by Gasteiger charge is -2.10. The van der Waals surface area contributed by atoms with Gasteiger partial charge in [-0.15, -0.1) is 0 Å². The summed E-state index contributed by atoms with van der Waals surface area (Å²) in [4.78, 5) is 12.9. The van der Waals surface area contributed by atoms with Gasteiger partial charge in [0.25, 0.3) is 0 Å². The highest BCUT2D eigenvalue weighted by Crippen LogP contribution is 2.19. The molecule has 20 heavy (non-hydrogen) atoms. The number of nitrogens with zero attached hydrogens (tertiary/aromatic N) is 4. The molecule has 6 nitrogen and oxygen atoms in total. The molecule has 0 aliphatic rings. The number of imidazole rings is 1. The number of anilines is 1. The summed E-state index contributed by atoms with van der Waals surface area (Å²) in [5.74, 6) is 1.31. The van der Waals surface area contributed by atoms with Crippen molar-refractivity contribution in [3.05, 3.63) is 47.1 Å². The Bertz CT molecular complexity index is 742. The highest BCUT2D eigenvalue weighted by atomic mass is 79.9. The molecular formula is C13H12BrN5O. The second-order valence-electron chi connectivity index (χ2n) is 4.10. The number of hydrogen-bond acceptors (Lipinski definition) is 5. The molecule has 0 spiro atoms. The monoisotopic (exact) mass is 333 g/mol. The van der Waals surface area contributed by atoms with E-state index in [-0.39, 0.29) is 0 Å². The molecule has 0 aliphatic heterocycles. The summed E-state index contributed by atoms with van der Waals surface area (Å²) in [5, 5.41) is 3.26. The van der Waals surface area contributed by atoms with E-state index in [1.807, 2.05) is 28.9 Å². The zero-order chi connectivity index (χ0) is 13.9. The quantitative estimate of drug-likeness (QED) is 0.794. The van der Waals surface area contributed by atoms with Gasteiger partial charge >= 0.3 is 0 Å². The van der Waals surface area contributed by atoms with Gasteiger partial charge in [-0.1, -0.05) is 6.07 Å². The van der Waals surface area contributed by atoms with E-state index in [9.17, 15) is 0 Å². The Morgan fingerprint density at radius 3 is 3.10 bits per heavy atom. The smallest absolute Gasteiger partial charge is 0.218 e. The van der Waals surface area contributed by atoms with Gasteiger partial charge < -0.3 is 14.5 Å². The van der Waals surface area contributed by atoms with E-state index < -0.39 is 0 Å². The molecule has 7 heteroatoms. The maximum atomic E-state index is 5.23. The molecule has 3 heterocycles. The highest BCUT2D eigenvalue weighted by molar-refractivity contribution is 9.10. The van der Waals surface area contributed by atoms with Gasteiger partial charge in [-0.25, -0.2) is 15.0 Å². The van der Waals surface area contributed by atoms with Crippen LogP contribution in [0, 0.1) is 0 Å². The summed E-state index contributed by atoms with van der Waals surface area (Å²) in [6, 6.07) is 3.83. The zero-order valence-corrected chi connectivity index (χ0v) is 12.3. The number of nitrogens with one attached hydrogen (secondary N) is 1. The van der Waals surface area contributed by atoms with E-state index in [0.29, 0.717) is 18.2 Å². The molecule has 0 radical (unpaired) electrons. The van der Waals surface area contributed by atoms with E-state index in [2.05, 4.69) is 36.2 Å². The SMILES string of the molecule is COc1ncccc1CNc1nc(Br)cn2ccnc12. The zero-order valence-electron chi connectivity index (χ0n) is 10.7. The molecular weight excluding hydrogens is 322 g/mol. The van der Waals surface area contributed by atoms with Crippen LogP contribution in [0.4, 0.5) is 5.82 Å². The van der Waals surface area contributed by atoms with Crippen molar-refractivity contribution in [1.82, 2.24) is 19.4 Å². The van der Waals surface area contributed by atoms with Gasteiger partial charge in [-0.05, 0) is 22.0 Å². The number of methoxy groups -OCH3 is 1. The first-order valence-electron chi connectivity index (χ1n) is 5.99. The molecule has 3 aromatic rings. The largest absolute Gasteiger partial charge is 0.481 e. The summed E-state index contributed by atoms with van der Waals surface area (Å²) >= 11 is 3.39. The Morgan fingerprint density at radius 2 is 2.25 bits per heavy atom. The molecule has 0 atom stereocenters. The Balaban J connectivity index is 1.88. The van der Waals surface area contributed by atoms with Crippen molar-refractivity contribution in [3.63, 3.8) is 0 Å². The third kappa shape index (κ3) is 2.44. The van der Waals surface area contributed by atoms with Gasteiger partial charge in [-0.3, -0.25) is 0 Å². The molecule has 3 aromatic heterocycles. The Labute approximate surface area is 124 Å². The average molecular weight is 334 g/mol. The average Bonchev–Trinajstić information content (AvgIpc) is 2.93. The van der Waals surface area contributed by atoms with Gasteiger partial charge in [0, 0.05) is 36.9 Å². The topological polar surface area (TPSA) is 64.3 Å². The van der Waals surface area contributed by atoms with E-state index in [0.717, 1.165) is 15.8 Å². The normalized spacial score (nSPS) is 10.7. The van der Waals surface area contributed by atoms with Crippen LogP contribution in [-0.4, -0.2) is 26.5 Å². The standard InChI is InChI=1S/C13H12BrN5O/c1-20-13-9(3-2-4-16-13)7-17-11-12-15-5-6-19(12)8-10(14)18-11/h2-6,8H,7H2,1H3,(H,17,18). The molecule has 0 bridgehead atoms. The summed E-state index contributed by atoms with van der Waals surface area (Å²) in [6.07, 6.45) is 7.17. The summed E-state index contributed by atoms with van der Waals surface area (Å²) < 4.78 is 7.87. The van der Waals surface area contributed by atoms with Crippen LogP contribution < -0.4 is 10.1 Å². The predicted molar refractivity (Wildman–Crippen MR) is 78.8 cm³/mol. The van der Waals surface area contributed by atoms with Gasteiger partial charge in [-0.2, -0.15) is 0 Å². The lowest BCUT2D eigenvalue weighted by molar-refractivity contribution is 0.393. The van der Waals surface area contributed by atoms with E-state index in [4.69, 9.17) is 4.74 Å². The lowest BCUT2D eigenvalue weighted by Crippen LogP contribution is -2.06. The van der Waals surface area contributed by atoms with Gasteiger partial charge in [0.2, 0.25) is 5.88 Å². The number of pyridine rings is 1. The molecule has 0 saturated carbocycles. The van der Waals surface area contributed by atoms with Gasteiger partial charge in [0.05, 0.1) is 7.11 Å². The highest BCUT2D eigenvalue weighted by Gasteiger charge is 2.08. The molecule has 1 N–H and O–H groups in total. The number of hydrogen-bond donors (Lipinski definition) is 1. The minimum absolute atomic E-state index is 0.559. The molecule has 0 aliphatic carbocycles. The van der Waals surface area contributed by atoms with Crippen molar-refractivity contribution in [2.24, 2.45) is 0 Å². The number of rotatable bonds is 4. The predicted octanol–water partition coefficient (Wildman–Crippen LogP) is 2.51. The first-order chi connectivity index (χ1) is 9.78. The first kappa shape index (κ1) is 12.9. The van der Waals surface area contributed by atoms with Crippen LogP contribution in [0.2, 0.25) is 0 Å². The number of halogens is 1. The third-order valence-corrected chi connectivity index (χ3v) is 3.22. The molecule has 0 aromatic carbocycles. The maximum absolute atomic E-state index is 5.23. The van der Waals surface area contributed by atoms with Crippen molar-refractivity contribution in [1.29, 1.82) is 0 Å².